The van der Waals surface area contributed by atoms with E-state index >= 15 is 0 Å². The molecule has 1 unspecified atom stereocenters. The molecule has 0 radical (unpaired) electrons. The van der Waals surface area contributed by atoms with Crippen LogP contribution >= 0.6 is 0 Å². The molecule has 1 heterocycles. The number of amides is 1. The van der Waals surface area contributed by atoms with Crippen molar-refractivity contribution in [2.24, 2.45) is 5.73 Å². The molecule has 1 saturated heterocycles. The summed E-state index contributed by atoms with van der Waals surface area (Å²) in [5.74, 6) is -0.155. The third-order valence-corrected chi connectivity index (χ3v) is 3.36. The third-order valence-electron chi connectivity index (χ3n) is 3.36. The standard InChI is InChI=1S/C14H20N2O3/c1-18-9-12-5-3-2-4-11(12)8-16-13(17)14(15)6-7-19-10-14/h2-5H,6-10,15H2,1H3,(H,16,17). The quantitative estimate of drug-likeness (QED) is 0.815. The van der Waals surface area contributed by atoms with Crippen LogP contribution in [-0.2, 0) is 27.4 Å². The van der Waals surface area contributed by atoms with E-state index in [-0.39, 0.29) is 5.91 Å². The molecule has 5 nitrogen and oxygen atoms in total. The van der Waals surface area contributed by atoms with Crippen LogP contribution in [0.4, 0.5) is 0 Å². The molecule has 1 aromatic rings. The number of nitrogens with one attached hydrogen (secondary N) is 1. The fourth-order valence-electron chi connectivity index (χ4n) is 2.14. The van der Waals surface area contributed by atoms with Gasteiger partial charge in [-0.05, 0) is 17.5 Å². The lowest BCUT2D eigenvalue weighted by molar-refractivity contribution is -0.126. The minimum Gasteiger partial charge on any atom is -0.380 e. The maximum Gasteiger partial charge on any atom is 0.242 e. The van der Waals surface area contributed by atoms with Crippen molar-refractivity contribution in [2.75, 3.05) is 20.3 Å². The van der Waals surface area contributed by atoms with E-state index in [1.54, 1.807) is 7.11 Å². The van der Waals surface area contributed by atoms with Gasteiger partial charge in [-0.2, -0.15) is 0 Å². The maximum atomic E-state index is 12.1. The van der Waals surface area contributed by atoms with Gasteiger partial charge in [-0.25, -0.2) is 0 Å². The van der Waals surface area contributed by atoms with E-state index in [4.69, 9.17) is 15.2 Å². The first kappa shape index (κ1) is 14.0. The van der Waals surface area contributed by atoms with Crippen molar-refractivity contribution in [2.45, 2.75) is 25.1 Å². The molecular weight excluding hydrogens is 244 g/mol. The van der Waals surface area contributed by atoms with Gasteiger partial charge in [0.15, 0.2) is 0 Å². The zero-order chi connectivity index (χ0) is 13.7. The number of ether oxygens (including phenoxy) is 2. The Morgan fingerprint density at radius 3 is 2.84 bits per heavy atom. The van der Waals surface area contributed by atoms with Crippen molar-refractivity contribution < 1.29 is 14.3 Å². The summed E-state index contributed by atoms with van der Waals surface area (Å²) in [6.07, 6.45) is 0.568. The molecule has 5 heteroatoms. The predicted octanol–water partition coefficient (Wildman–Crippen LogP) is 0.567. The van der Waals surface area contributed by atoms with Crippen LogP contribution in [0.15, 0.2) is 24.3 Å². The molecule has 0 saturated carbocycles. The minimum absolute atomic E-state index is 0.155. The molecule has 104 valence electrons. The molecular formula is C14H20N2O3. The highest BCUT2D eigenvalue weighted by Crippen LogP contribution is 2.16. The number of benzene rings is 1. The number of carbonyl (C=O) groups is 1. The Morgan fingerprint density at radius 2 is 2.21 bits per heavy atom. The summed E-state index contributed by atoms with van der Waals surface area (Å²) in [5.41, 5.74) is 7.23. The molecule has 1 aliphatic rings. The molecule has 0 aromatic heterocycles. The second kappa shape index (κ2) is 6.14. The van der Waals surface area contributed by atoms with Crippen molar-refractivity contribution in [1.29, 1.82) is 0 Å². The van der Waals surface area contributed by atoms with E-state index in [0.717, 1.165) is 11.1 Å². The summed E-state index contributed by atoms with van der Waals surface area (Å²) in [4.78, 5) is 12.1. The number of hydrogen-bond acceptors (Lipinski definition) is 4. The SMILES string of the molecule is COCc1ccccc1CNC(=O)C1(N)CCOC1. The third kappa shape index (κ3) is 3.32. The van der Waals surface area contributed by atoms with E-state index in [2.05, 4.69) is 5.32 Å². The van der Waals surface area contributed by atoms with Crippen molar-refractivity contribution >= 4 is 5.91 Å². The van der Waals surface area contributed by atoms with Crippen LogP contribution in [0.25, 0.3) is 0 Å². The highest BCUT2D eigenvalue weighted by atomic mass is 16.5. The van der Waals surface area contributed by atoms with Gasteiger partial charge in [0.25, 0.3) is 0 Å². The van der Waals surface area contributed by atoms with Crippen LogP contribution < -0.4 is 11.1 Å². The zero-order valence-corrected chi connectivity index (χ0v) is 11.1. The van der Waals surface area contributed by atoms with Crippen molar-refractivity contribution in [3.05, 3.63) is 35.4 Å². The summed E-state index contributed by atoms with van der Waals surface area (Å²) in [5, 5.41) is 2.88. The molecule has 19 heavy (non-hydrogen) atoms. The van der Waals surface area contributed by atoms with Gasteiger partial charge < -0.3 is 20.5 Å². The summed E-state index contributed by atoms with van der Waals surface area (Å²) in [6, 6.07) is 7.86. The lowest BCUT2D eigenvalue weighted by Gasteiger charge is -2.21. The number of hydrogen-bond donors (Lipinski definition) is 2. The monoisotopic (exact) mass is 264 g/mol. The smallest absolute Gasteiger partial charge is 0.242 e. The highest BCUT2D eigenvalue weighted by molar-refractivity contribution is 5.86. The number of rotatable bonds is 5. The molecule has 0 spiro atoms. The lowest BCUT2D eigenvalue weighted by atomic mass is 9.99. The topological polar surface area (TPSA) is 73.6 Å². The molecule has 0 bridgehead atoms. The van der Waals surface area contributed by atoms with E-state index in [0.29, 0.717) is 32.8 Å². The number of carbonyl (C=O) groups excluding carboxylic acids is 1. The van der Waals surface area contributed by atoms with E-state index in [9.17, 15) is 4.79 Å². The Morgan fingerprint density at radius 1 is 1.47 bits per heavy atom. The normalized spacial score (nSPS) is 22.4. The summed E-state index contributed by atoms with van der Waals surface area (Å²) in [7, 11) is 1.65. The van der Waals surface area contributed by atoms with Crippen LogP contribution in [0, 0.1) is 0 Å². The van der Waals surface area contributed by atoms with Gasteiger partial charge in [0, 0.05) is 20.3 Å². The second-order valence-electron chi connectivity index (χ2n) is 4.84. The fourth-order valence-corrected chi connectivity index (χ4v) is 2.14. The molecule has 1 aliphatic heterocycles. The average Bonchev–Trinajstić information content (AvgIpc) is 2.86. The number of nitrogens with two attached hydrogens (primary N) is 1. The highest BCUT2D eigenvalue weighted by Gasteiger charge is 2.37. The summed E-state index contributed by atoms with van der Waals surface area (Å²) in [6.45, 7) is 1.82. The van der Waals surface area contributed by atoms with E-state index < -0.39 is 5.54 Å². The van der Waals surface area contributed by atoms with Crippen molar-refractivity contribution in [3.8, 4) is 0 Å². The lowest BCUT2D eigenvalue weighted by Crippen LogP contribution is -2.54. The molecule has 2 rings (SSSR count). The van der Waals surface area contributed by atoms with Crippen LogP contribution in [0.1, 0.15) is 17.5 Å². The molecule has 1 aromatic carbocycles. The van der Waals surface area contributed by atoms with Gasteiger partial charge in [-0.15, -0.1) is 0 Å². The molecule has 3 N–H and O–H groups in total. The van der Waals surface area contributed by atoms with Gasteiger partial charge in [0.2, 0.25) is 5.91 Å². The van der Waals surface area contributed by atoms with Crippen LogP contribution in [0.3, 0.4) is 0 Å². The van der Waals surface area contributed by atoms with Gasteiger partial charge >= 0.3 is 0 Å². The Bertz CT molecular complexity index is 442. The molecule has 1 amide bonds. The summed E-state index contributed by atoms with van der Waals surface area (Å²) < 4.78 is 10.3. The van der Waals surface area contributed by atoms with Gasteiger partial charge in [-0.3, -0.25) is 4.79 Å². The van der Waals surface area contributed by atoms with Crippen molar-refractivity contribution in [1.82, 2.24) is 5.32 Å². The Kier molecular flexibility index (Phi) is 4.52. The first-order valence-corrected chi connectivity index (χ1v) is 6.36. The first-order chi connectivity index (χ1) is 9.15. The van der Waals surface area contributed by atoms with Crippen molar-refractivity contribution in [3.63, 3.8) is 0 Å². The Balaban J connectivity index is 1.97. The van der Waals surface area contributed by atoms with Crippen LogP contribution in [0.2, 0.25) is 0 Å². The Hall–Kier alpha value is -1.43. The predicted molar refractivity (Wildman–Crippen MR) is 71.4 cm³/mol. The second-order valence-corrected chi connectivity index (χ2v) is 4.84. The molecule has 1 fully saturated rings. The fraction of sp³-hybridized carbons (Fsp3) is 0.500. The van der Waals surface area contributed by atoms with E-state index in [1.807, 2.05) is 24.3 Å². The largest absolute Gasteiger partial charge is 0.380 e. The molecule has 1 atom stereocenters. The van der Waals surface area contributed by atoms with Crippen LogP contribution in [-0.4, -0.2) is 31.8 Å². The van der Waals surface area contributed by atoms with Gasteiger partial charge in [0.1, 0.15) is 5.54 Å². The zero-order valence-electron chi connectivity index (χ0n) is 11.1. The maximum absolute atomic E-state index is 12.1. The average molecular weight is 264 g/mol. The Labute approximate surface area is 113 Å². The minimum atomic E-state index is -0.879. The van der Waals surface area contributed by atoms with Crippen LogP contribution in [0.5, 0.6) is 0 Å². The van der Waals surface area contributed by atoms with Gasteiger partial charge in [0.05, 0.1) is 13.2 Å². The summed E-state index contributed by atoms with van der Waals surface area (Å²) >= 11 is 0. The van der Waals surface area contributed by atoms with Gasteiger partial charge in [-0.1, -0.05) is 24.3 Å². The first-order valence-electron chi connectivity index (χ1n) is 6.36. The number of methoxy groups -OCH3 is 1. The van der Waals surface area contributed by atoms with E-state index in [1.165, 1.54) is 0 Å². The molecule has 0 aliphatic carbocycles.